The van der Waals surface area contributed by atoms with Crippen LogP contribution in [0.3, 0.4) is 0 Å². The summed E-state index contributed by atoms with van der Waals surface area (Å²) in [6.07, 6.45) is 10.3. The zero-order valence-corrected chi connectivity index (χ0v) is 15.9. The van der Waals surface area contributed by atoms with Gasteiger partial charge >= 0.3 is 0 Å². The van der Waals surface area contributed by atoms with Crippen LogP contribution >= 0.6 is 23.1 Å². The monoisotopic (exact) mass is 371 g/mol. The minimum Gasteiger partial charge on any atom is -0.262 e. The van der Waals surface area contributed by atoms with E-state index in [1.165, 1.54) is 54.4 Å². The van der Waals surface area contributed by atoms with Crippen molar-refractivity contribution in [1.29, 1.82) is 0 Å². The van der Waals surface area contributed by atoms with Gasteiger partial charge in [0.25, 0.3) is 0 Å². The normalized spacial score (nSPS) is 21.1. The summed E-state index contributed by atoms with van der Waals surface area (Å²) >= 11 is 3.42. The summed E-state index contributed by atoms with van der Waals surface area (Å²) in [6, 6.07) is 0. The molecule has 1 unspecified atom stereocenters. The number of nitrogens with zero attached hydrogens (tertiary/aromatic N) is 4. The molecule has 3 heterocycles. The van der Waals surface area contributed by atoms with E-state index in [4.69, 9.17) is 4.98 Å². The standard InChI is InChI=1S/C18H21N5S2/c1-10-6-7-12-13(8-10)24-16-14(12)17(20-9-19-16)25-18-21-15(22-23-18)11-4-2-3-5-11/h9-11H,2-8H2,1H3,(H,21,22,23). The van der Waals surface area contributed by atoms with Crippen LogP contribution in [0.2, 0.25) is 0 Å². The Morgan fingerprint density at radius 3 is 2.96 bits per heavy atom. The van der Waals surface area contributed by atoms with E-state index in [0.717, 1.165) is 33.2 Å². The highest BCUT2D eigenvalue weighted by Crippen LogP contribution is 2.41. The van der Waals surface area contributed by atoms with Crippen molar-refractivity contribution in [2.24, 2.45) is 5.92 Å². The van der Waals surface area contributed by atoms with Crippen molar-refractivity contribution in [2.75, 3.05) is 0 Å². The summed E-state index contributed by atoms with van der Waals surface area (Å²) in [5.74, 6) is 2.38. The molecular formula is C18H21N5S2. The van der Waals surface area contributed by atoms with E-state index in [-0.39, 0.29) is 0 Å². The zero-order valence-electron chi connectivity index (χ0n) is 14.3. The van der Waals surface area contributed by atoms with E-state index in [0.29, 0.717) is 5.92 Å². The van der Waals surface area contributed by atoms with Crippen LogP contribution in [0.4, 0.5) is 0 Å². The van der Waals surface area contributed by atoms with Gasteiger partial charge in [0.15, 0.2) is 0 Å². The van der Waals surface area contributed by atoms with E-state index >= 15 is 0 Å². The van der Waals surface area contributed by atoms with Crippen LogP contribution in [0.5, 0.6) is 0 Å². The Kier molecular flexibility index (Phi) is 4.01. The van der Waals surface area contributed by atoms with Crippen molar-refractivity contribution >= 4 is 33.3 Å². The molecule has 3 aromatic rings. The van der Waals surface area contributed by atoms with E-state index in [9.17, 15) is 0 Å². The second-order valence-corrected chi connectivity index (χ2v) is 9.34. The molecule has 0 spiro atoms. The largest absolute Gasteiger partial charge is 0.262 e. The first-order chi connectivity index (χ1) is 12.3. The van der Waals surface area contributed by atoms with Gasteiger partial charge in [0.2, 0.25) is 5.16 Å². The number of aromatic nitrogens is 5. The third-order valence-electron chi connectivity index (χ3n) is 5.47. The molecule has 130 valence electrons. The maximum Gasteiger partial charge on any atom is 0.214 e. The maximum absolute atomic E-state index is 4.74. The average Bonchev–Trinajstić information content (AvgIpc) is 3.33. The molecule has 1 saturated carbocycles. The van der Waals surface area contributed by atoms with Crippen molar-refractivity contribution in [2.45, 2.75) is 68.0 Å². The van der Waals surface area contributed by atoms with Crippen molar-refractivity contribution in [3.05, 3.63) is 22.6 Å². The van der Waals surface area contributed by atoms with Crippen molar-refractivity contribution in [3.8, 4) is 0 Å². The van der Waals surface area contributed by atoms with Gasteiger partial charge in [-0.2, -0.15) is 0 Å². The van der Waals surface area contributed by atoms with Gasteiger partial charge in [0.1, 0.15) is 22.0 Å². The van der Waals surface area contributed by atoms with Crippen molar-refractivity contribution in [3.63, 3.8) is 0 Å². The van der Waals surface area contributed by atoms with Gasteiger partial charge in [-0.15, -0.1) is 16.4 Å². The fourth-order valence-corrected chi connectivity index (χ4v) is 6.34. The van der Waals surface area contributed by atoms with Gasteiger partial charge < -0.3 is 0 Å². The maximum atomic E-state index is 4.74. The molecule has 0 aromatic carbocycles. The summed E-state index contributed by atoms with van der Waals surface area (Å²) in [4.78, 5) is 16.5. The second-order valence-electron chi connectivity index (χ2n) is 7.30. The van der Waals surface area contributed by atoms with E-state index in [1.54, 1.807) is 18.1 Å². The predicted molar refractivity (Wildman–Crippen MR) is 100 cm³/mol. The number of rotatable bonds is 3. The first-order valence-electron chi connectivity index (χ1n) is 9.13. The summed E-state index contributed by atoms with van der Waals surface area (Å²) in [5.41, 5.74) is 1.47. The van der Waals surface area contributed by atoms with Crippen LogP contribution in [0.15, 0.2) is 16.5 Å². The number of aromatic amines is 1. The average molecular weight is 372 g/mol. The quantitative estimate of drug-likeness (QED) is 0.673. The number of hydrogen-bond donors (Lipinski definition) is 1. The molecule has 2 aliphatic rings. The number of H-pyrrole nitrogens is 1. The van der Waals surface area contributed by atoms with E-state index < -0.39 is 0 Å². The zero-order chi connectivity index (χ0) is 16.8. The number of nitrogens with one attached hydrogen (secondary N) is 1. The smallest absolute Gasteiger partial charge is 0.214 e. The molecule has 1 fully saturated rings. The fourth-order valence-electron chi connectivity index (χ4n) is 4.10. The highest BCUT2D eigenvalue weighted by molar-refractivity contribution is 7.99. The van der Waals surface area contributed by atoms with Gasteiger partial charge in [-0.25, -0.2) is 15.0 Å². The Bertz CT molecular complexity index is 909. The number of fused-ring (bicyclic) bond motifs is 3. The fraction of sp³-hybridized carbons (Fsp3) is 0.556. The predicted octanol–water partition coefficient (Wildman–Crippen LogP) is 4.74. The minimum atomic E-state index is 0.558. The second kappa shape index (κ2) is 6.36. The van der Waals surface area contributed by atoms with Gasteiger partial charge in [0, 0.05) is 16.2 Å². The molecule has 0 aliphatic heterocycles. The first kappa shape index (κ1) is 15.8. The van der Waals surface area contributed by atoms with Gasteiger partial charge in [-0.05, 0) is 55.3 Å². The molecule has 0 radical (unpaired) electrons. The van der Waals surface area contributed by atoms with Gasteiger partial charge in [-0.1, -0.05) is 19.8 Å². The molecule has 7 heteroatoms. The lowest BCUT2D eigenvalue weighted by atomic mass is 9.89. The molecule has 0 saturated heterocycles. The summed E-state index contributed by atoms with van der Waals surface area (Å²) in [6.45, 7) is 2.34. The summed E-state index contributed by atoms with van der Waals surface area (Å²) in [7, 11) is 0. The Morgan fingerprint density at radius 2 is 2.08 bits per heavy atom. The Hall–Kier alpha value is -1.47. The highest BCUT2D eigenvalue weighted by atomic mass is 32.2. The number of hydrogen-bond acceptors (Lipinski definition) is 6. The third kappa shape index (κ3) is 2.87. The van der Waals surface area contributed by atoms with Crippen molar-refractivity contribution in [1.82, 2.24) is 25.1 Å². The summed E-state index contributed by atoms with van der Waals surface area (Å²) in [5, 5.41) is 10.6. The molecule has 2 aliphatic carbocycles. The number of aryl methyl sites for hydroxylation is 1. The molecule has 5 nitrogen and oxygen atoms in total. The van der Waals surface area contributed by atoms with Gasteiger partial charge in [-0.3, -0.25) is 5.10 Å². The van der Waals surface area contributed by atoms with Crippen LogP contribution in [-0.2, 0) is 12.8 Å². The molecular weight excluding hydrogens is 350 g/mol. The molecule has 0 bridgehead atoms. The topological polar surface area (TPSA) is 67.3 Å². The van der Waals surface area contributed by atoms with Crippen LogP contribution in [0.25, 0.3) is 10.2 Å². The van der Waals surface area contributed by atoms with E-state index in [2.05, 4.69) is 27.1 Å². The van der Waals surface area contributed by atoms with Crippen LogP contribution < -0.4 is 0 Å². The Morgan fingerprint density at radius 1 is 1.20 bits per heavy atom. The Labute approximate surface area is 155 Å². The minimum absolute atomic E-state index is 0.558. The molecule has 3 aromatic heterocycles. The Balaban J connectivity index is 1.49. The summed E-state index contributed by atoms with van der Waals surface area (Å²) < 4.78 is 0. The SMILES string of the molecule is CC1CCc2c(sc3ncnc(Sc4n[nH]c(C5CCCC5)n4)c23)C1. The lowest BCUT2D eigenvalue weighted by Gasteiger charge is -2.17. The van der Waals surface area contributed by atoms with Crippen LogP contribution in [-0.4, -0.2) is 25.1 Å². The molecule has 0 amide bonds. The first-order valence-corrected chi connectivity index (χ1v) is 10.8. The molecule has 1 N–H and O–H groups in total. The van der Waals surface area contributed by atoms with Crippen LogP contribution in [0, 0.1) is 5.92 Å². The van der Waals surface area contributed by atoms with Gasteiger partial charge in [0.05, 0.1) is 0 Å². The third-order valence-corrected chi connectivity index (χ3v) is 7.50. The molecule has 25 heavy (non-hydrogen) atoms. The molecule has 5 rings (SSSR count). The highest BCUT2D eigenvalue weighted by Gasteiger charge is 2.25. The molecule has 1 atom stereocenters. The van der Waals surface area contributed by atoms with Crippen molar-refractivity contribution < 1.29 is 0 Å². The lowest BCUT2D eigenvalue weighted by Crippen LogP contribution is -2.08. The van der Waals surface area contributed by atoms with E-state index in [1.807, 2.05) is 11.3 Å². The van der Waals surface area contributed by atoms with Crippen LogP contribution in [0.1, 0.15) is 61.2 Å². The number of thiophene rings is 1. The lowest BCUT2D eigenvalue weighted by molar-refractivity contribution is 0.509.